The average Bonchev–Trinajstić information content (AvgIpc) is 2.82. The number of carbonyl (C=O) groups excluding carboxylic acids is 4. The van der Waals surface area contributed by atoms with Crippen LogP contribution in [0.25, 0.3) is 0 Å². The Morgan fingerprint density at radius 2 is 1.86 bits per heavy atom. The van der Waals surface area contributed by atoms with E-state index in [-0.39, 0.29) is 16.9 Å². The number of nitrogens with one attached hydrogen (secondary N) is 1. The van der Waals surface area contributed by atoms with Crippen LogP contribution in [-0.4, -0.2) is 47.3 Å². The van der Waals surface area contributed by atoms with Gasteiger partial charge in [0.05, 0.1) is 0 Å². The van der Waals surface area contributed by atoms with Crippen molar-refractivity contribution in [2.24, 2.45) is 11.3 Å². The molecule has 2 atom stereocenters. The fourth-order valence-electron chi connectivity index (χ4n) is 4.69. The second kappa shape index (κ2) is 7.57. The number of urea groups is 1. The molecule has 2 fully saturated rings. The van der Waals surface area contributed by atoms with Crippen molar-refractivity contribution < 1.29 is 28.3 Å². The summed E-state index contributed by atoms with van der Waals surface area (Å²) in [5.41, 5.74) is -0.909. The molecule has 1 aromatic carbocycles. The van der Waals surface area contributed by atoms with Crippen molar-refractivity contribution in [3.8, 4) is 0 Å². The molecule has 7 nitrogen and oxygen atoms in total. The summed E-state index contributed by atoms with van der Waals surface area (Å²) in [4.78, 5) is 50.4. The molecule has 0 unspecified atom stereocenters. The summed E-state index contributed by atoms with van der Waals surface area (Å²) in [6.45, 7) is 5.05. The standard InChI is InChI=1S/C21H25FN2O5/c1-13-8-20(2,3)12-21(9-13)18(27)24(19(28)23-21)10-17(26)29-11-16(25)14-4-6-15(22)7-5-14/h4-7,13H,8-12H2,1-3H3,(H,23,28)/t13-,21+/m0/s1. The van der Waals surface area contributed by atoms with Crippen molar-refractivity contribution in [1.82, 2.24) is 10.2 Å². The molecule has 3 rings (SSSR count). The van der Waals surface area contributed by atoms with Crippen molar-refractivity contribution in [1.29, 1.82) is 0 Å². The Labute approximate surface area is 168 Å². The molecule has 1 aliphatic carbocycles. The maximum Gasteiger partial charge on any atom is 0.326 e. The predicted octanol–water partition coefficient (Wildman–Crippen LogP) is 2.69. The van der Waals surface area contributed by atoms with E-state index in [0.717, 1.165) is 23.5 Å². The molecular weight excluding hydrogens is 379 g/mol. The smallest absolute Gasteiger partial charge is 0.326 e. The fourth-order valence-corrected chi connectivity index (χ4v) is 4.69. The van der Waals surface area contributed by atoms with Gasteiger partial charge in [-0.1, -0.05) is 20.8 Å². The summed E-state index contributed by atoms with van der Waals surface area (Å²) in [5.74, 6) is -2.02. The molecular formula is C21H25FN2O5. The maximum absolute atomic E-state index is 13.0. The first-order valence-electron chi connectivity index (χ1n) is 9.60. The number of hydrogen-bond acceptors (Lipinski definition) is 5. The molecule has 29 heavy (non-hydrogen) atoms. The number of benzene rings is 1. The third-order valence-corrected chi connectivity index (χ3v) is 5.44. The highest BCUT2D eigenvalue weighted by Gasteiger charge is 2.56. The molecule has 156 valence electrons. The number of imide groups is 1. The van der Waals surface area contributed by atoms with E-state index in [1.54, 1.807) is 0 Å². The predicted molar refractivity (Wildman–Crippen MR) is 101 cm³/mol. The highest BCUT2D eigenvalue weighted by Crippen LogP contribution is 2.46. The number of carbonyl (C=O) groups is 4. The Morgan fingerprint density at radius 3 is 2.48 bits per heavy atom. The minimum atomic E-state index is -0.998. The third kappa shape index (κ3) is 4.46. The Balaban J connectivity index is 1.60. The van der Waals surface area contributed by atoms with Crippen LogP contribution in [0.3, 0.4) is 0 Å². The van der Waals surface area contributed by atoms with Crippen molar-refractivity contribution in [3.05, 3.63) is 35.6 Å². The zero-order valence-corrected chi connectivity index (χ0v) is 16.8. The summed E-state index contributed by atoms with van der Waals surface area (Å²) < 4.78 is 17.8. The van der Waals surface area contributed by atoms with E-state index in [4.69, 9.17) is 4.74 Å². The summed E-state index contributed by atoms with van der Waals surface area (Å²) >= 11 is 0. The van der Waals surface area contributed by atoms with Crippen molar-refractivity contribution in [2.75, 3.05) is 13.2 Å². The largest absolute Gasteiger partial charge is 0.456 e. The molecule has 3 amide bonds. The molecule has 1 aromatic rings. The molecule has 1 saturated carbocycles. The zero-order chi connectivity index (χ0) is 21.4. The number of rotatable bonds is 5. The van der Waals surface area contributed by atoms with E-state index < -0.39 is 48.2 Å². The van der Waals surface area contributed by atoms with Crippen LogP contribution >= 0.6 is 0 Å². The summed E-state index contributed by atoms with van der Waals surface area (Å²) in [5, 5.41) is 2.78. The normalized spacial score (nSPS) is 25.8. The van der Waals surface area contributed by atoms with E-state index in [0.29, 0.717) is 12.8 Å². The van der Waals surface area contributed by atoms with E-state index in [1.807, 2.05) is 6.92 Å². The Kier molecular flexibility index (Phi) is 5.47. The van der Waals surface area contributed by atoms with Gasteiger partial charge in [-0.2, -0.15) is 0 Å². The SMILES string of the molecule is C[C@H]1CC(C)(C)C[C@@]2(C1)NC(=O)N(CC(=O)OCC(=O)c1ccc(F)cc1)C2=O. The number of Topliss-reactive ketones (excluding diaryl/α,β-unsaturated/α-hetero) is 1. The zero-order valence-electron chi connectivity index (χ0n) is 16.8. The molecule has 0 radical (unpaired) electrons. The van der Waals surface area contributed by atoms with Crippen LogP contribution in [0.15, 0.2) is 24.3 Å². The maximum atomic E-state index is 13.0. The highest BCUT2D eigenvalue weighted by atomic mass is 19.1. The van der Waals surface area contributed by atoms with E-state index >= 15 is 0 Å². The van der Waals surface area contributed by atoms with Gasteiger partial charge in [-0.15, -0.1) is 0 Å². The molecule has 1 aliphatic heterocycles. The van der Waals surface area contributed by atoms with Gasteiger partial charge in [-0.05, 0) is 54.9 Å². The first kappa shape index (κ1) is 21.0. The van der Waals surface area contributed by atoms with Gasteiger partial charge in [0.25, 0.3) is 5.91 Å². The van der Waals surface area contributed by atoms with Gasteiger partial charge >= 0.3 is 12.0 Å². The van der Waals surface area contributed by atoms with Gasteiger partial charge < -0.3 is 10.1 Å². The minimum absolute atomic E-state index is 0.112. The highest BCUT2D eigenvalue weighted by molar-refractivity contribution is 6.09. The second-order valence-corrected chi connectivity index (χ2v) is 8.85. The molecule has 8 heteroatoms. The van der Waals surface area contributed by atoms with E-state index in [2.05, 4.69) is 19.2 Å². The average molecular weight is 404 g/mol. The number of amides is 3. The number of esters is 1. The second-order valence-electron chi connectivity index (χ2n) is 8.85. The monoisotopic (exact) mass is 404 g/mol. The lowest BCUT2D eigenvalue weighted by Crippen LogP contribution is -2.54. The van der Waals surface area contributed by atoms with Crippen LogP contribution in [0.5, 0.6) is 0 Å². The van der Waals surface area contributed by atoms with Crippen LogP contribution in [0.4, 0.5) is 9.18 Å². The number of halogens is 1. The van der Waals surface area contributed by atoms with Gasteiger partial charge in [0.1, 0.15) is 17.9 Å². The van der Waals surface area contributed by atoms with Gasteiger partial charge in [0.2, 0.25) is 0 Å². The minimum Gasteiger partial charge on any atom is -0.456 e. The van der Waals surface area contributed by atoms with Crippen LogP contribution in [0, 0.1) is 17.2 Å². The Bertz CT molecular complexity index is 851. The van der Waals surface area contributed by atoms with Crippen LogP contribution in [0.2, 0.25) is 0 Å². The lowest BCUT2D eigenvalue weighted by Gasteiger charge is -2.43. The molecule has 0 bridgehead atoms. The van der Waals surface area contributed by atoms with Crippen LogP contribution in [-0.2, 0) is 14.3 Å². The molecule has 1 heterocycles. The number of ketones is 1. The molecule has 0 aromatic heterocycles. The third-order valence-electron chi connectivity index (χ3n) is 5.44. The first-order valence-corrected chi connectivity index (χ1v) is 9.60. The Morgan fingerprint density at radius 1 is 1.21 bits per heavy atom. The summed E-state index contributed by atoms with van der Waals surface area (Å²) in [6, 6.07) is 4.22. The van der Waals surface area contributed by atoms with Crippen LogP contribution < -0.4 is 5.32 Å². The number of hydrogen-bond donors (Lipinski definition) is 1. The van der Waals surface area contributed by atoms with E-state index in [9.17, 15) is 23.6 Å². The fraction of sp³-hybridized carbons (Fsp3) is 0.524. The number of ether oxygens (including phenoxy) is 1. The van der Waals surface area contributed by atoms with Crippen molar-refractivity contribution >= 4 is 23.7 Å². The Hall–Kier alpha value is -2.77. The molecule has 1 saturated heterocycles. The van der Waals surface area contributed by atoms with Gasteiger partial charge in [-0.25, -0.2) is 9.18 Å². The van der Waals surface area contributed by atoms with Crippen molar-refractivity contribution in [2.45, 2.75) is 45.6 Å². The lowest BCUT2D eigenvalue weighted by atomic mass is 9.64. The summed E-state index contributed by atoms with van der Waals surface area (Å²) in [6.07, 6.45) is 1.98. The first-order chi connectivity index (χ1) is 13.5. The number of nitrogens with zero attached hydrogens (tertiary/aromatic N) is 1. The lowest BCUT2D eigenvalue weighted by molar-refractivity contribution is -0.147. The summed E-state index contributed by atoms with van der Waals surface area (Å²) in [7, 11) is 0. The molecule has 2 aliphatic rings. The molecule has 1 spiro atoms. The van der Waals surface area contributed by atoms with E-state index in [1.165, 1.54) is 12.1 Å². The molecule has 1 N–H and O–H groups in total. The van der Waals surface area contributed by atoms with Crippen LogP contribution in [0.1, 0.15) is 50.4 Å². The van der Waals surface area contributed by atoms with Crippen molar-refractivity contribution in [3.63, 3.8) is 0 Å². The topological polar surface area (TPSA) is 92.8 Å². The van der Waals surface area contributed by atoms with Gasteiger partial charge in [0, 0.05) is 5.56 Å². The quantitative estimate of drug-likeness (QED) is 0.463. The van der Waals surface area contributed by atoms with Gasteiger partial charge in [-0.3, -0.25) is 19.3 Å². The van der Waals surface area contributed by atoms with Gasteiger partial charge in [0.15, 0.2) is 12.4 Å².